The molecule has 0 atom stereocenters. The minimum atomic E-state index is -0.515. The smallest absolute Gasteiger partial charge is 0.291 e. The van der Waals surface area contributed by atoms with Crippen LogP contribution < -0.4 is 10.6 Å². The number of nitrogens with one attached hydrogen (secondary N) is 2. The van der Waals surface area contributed by atoms with Crippen LogP contribution in [0.3, 0.4) is 0 Å². The van der Waals surface area contributed by atoms with Gasteiger partial charge in [-0.3, -0.25) is 9.59 Å². The van der Waals surface area contributed by atoms with E-state index in [4.69, 9.17) is 4.42 Å². The molecule has 1 aromatic carbocycles. The Morgan fingerprint density at radius 2 is 1.92 bits per heavy atom. The molecule has 1 aromatic heterocycles. The van der Waals surface area contributed by atoms with Gasteiger partial charge < -0.3 is 15.1 Å². The van der Waals surface area contributed by atoms with E-state index in [9.17, 15) is 9.59 Å². The maximum absolute atomic E-state index is 12.2. The molecule has 0 unspecified atom stereocenters. The zero-order chi connectivity index (χ0) is 18.1. The molecule has 0 bridgehead atoms. The van der Waals surface area contributed by atoms with Gasteiger partial charge >= 0.3 is 0 Å². The summed E-state index contributed by atoms with van der Waals surface area (Å²) in [5.41, 5.74) is 1.08. The van der Waals surface area contributed by atoms with Crippen LogP contribution in [0.1, 0.15) is 16.1 Å². The number of hydrogen-bond donors (Lipinski definition) is 2. The van der Waals surface area contributed by atoms with Crippen molar-refractivity contribution in [3.8, 4) is 0 Å². The van der Waals surface area contributed by atoms with Gasteiger partial charge in [0.1, 0.15) is 5.70 Å². The van der Waals surface area contributed by atoms with Crippen molar-refractivity contribution in [3.05, 3.63) is 89.0 Å². The molecule has 2 N–H and O–H groups in total. The molecule has 0 aliphatic rings. The molecule has 25 heavy (non-hydrogen) atoms. The lowest BCUT2D eigenvalue weighted by Gasteiger charge is -2.08. The van der Waals surface area contributed by atoms with Crippen LogP contribution in [-0.4, -0.2) is 18.4 Å². The normalized spacial score (nSPS) is 11.3. The van der Waals surface area contributed by atoms with E-state index >= 15 is 0 Å². The van der Waals surface area contributed by atoms with Crippen molar-refractivity contribution >= 4 is 33.8 Å². The van der Waals surface area contributed by atoms with E-state index < -0.39 is 11.8 Å². The lowest BCUT2D eigenvalue weighted by Crippen LogP contribution is -2.34. The molecule has 0 aliphatic carbocycles. The van der Waals surface area contributed by atoms with E-state index in [0.717, 1.165) is 5.56 Å². The maximum Gasteiger partial charge on any atom is 0.291 e. The Labute approximate surface area is 154 Å². The van der Waals surface area contributed by atoms with Gasteiger partial charge in [0.05, 0.1) is 0 Å². The summed E-state index contributed by atoms with van der Waals surface area (Å²) >= 11 is 3.13. The summed E-state index contributed by atoms with van der Waals surface area (Å²) in [6.45, 7) is 3.84. The Kier molecular flexibility index (Phi) is 6.98. The molecule has 0 fully saturated rings. The molecule has 1 heterocycles. The van der Waals surface area contributed by atoms with Crippen LogP contribution in [0.15, 0.2) is 82.1 Å². The van der Waals surface area contributed by atoms with Gasteiger partial charge in [-0.15, -0.1) is 6.58 Å². The standard InChI is InChI=1S/C19H17BrN2O3/c1-2-13-21-18(23)15(10-6-9-14-7-4-3-5-8-14)22-19(24)16-11-12-17(20)25-16/h2-12H,1,13H2,(H,21,23)(H,22,24)/b9-6+,15-10-. The molecule has 6 heteroatoms. The highest BCUT2D eigenvalue weighted by atomic mass is 79.9. The molecule has 0 aliphatic heterocycles. The van der Waals surface area contributed by atoms with Crippen molar-refractivity contribution in [1.82, 2.24) is 10.6 Å². The number of carbonyl (C=O) groups is 2. The number of rotatable bonds is 7. The molecule has 2 amide bonds. The Bertz CT molecular complexity index is 807. The van der Waals surface area contributed by atoms with Crippen LogP contribution in [0.2, 0.25) is 0 Å². The van der Waals surface area contributed by atoms with Crippen LogP contribution in [-0.2, 0) is 4.79 Å². The van der Waals surface area contributed by atoms with Crippen molar-refractivity contribution in [1.29, 1.82) is 0 Å². The summed E-state index contributed by atoms with van der Waals surface area (Å²) in [5.74, 6) is -0.836. The first-order valence-electron chi connectivity index (χ1n) is 7.49. The monoisotopic (exact) mass is 400 g/mol. The molecule has 5 nitrogen and oxygen atoms in total. The van der Waals surface area contributed by atoms with Gasteiger partial charge in [-0.1, -0.05) is 48.6 Å². The van der Waals surface area contributed by atoms with Crippen molar-refractivity contribution in [2.24, 2.45) is 0 Å². The van der Waals surface area contributed by atoms with Crippen LogP contribution in [0.25, 0.3) is 6.08 Å². The Hall–Kier alpha value is -2.86. The summed E-state index contributed by atoms with van der Waals surface area (Å²) in [6, 6.07) is 12.7. The maximum atomic E-state index is 12.2. The summed E-state index contributed by atoms with van der Waals surface area (Å²) in [7, 11) is 0. The summed E-state index contributed by atoms with van der Waals surface area (Å²) in [4.78, 5) is 24.4. The molecule has 0 saturated heterocycles. The van der Waals surface area contributed by atoms with Crippen molar-refractivity contribution in [2.45, 2.75) is 0 Å². The Morgan fingerprint density at radius 3 is 2.56 bits per heavy atom. The van der Waals surface area contributed by atoms with E-state index in [-0.39, 0.29) is 11.5 Å². The topological polar surface area (TPSA) is 71.3 Å². The third-order valence-corrected chi connectivity index (χ3v) is 3.47. The zero-order valence-electron chi connectivity index (χ0n) is 13.4. The predicted octanol–water partition coefficient (Wildman–Crippen LogP) is 3.67. The Morgan fingerprint density at radius 1 is 1.16 bits per heavy atom. The second-order valence-corrected chi connectivity index (χ2v) is 5.69. The summed E-state index contributed by atoms with van der Waals surface area (Å²) in [6.07, 6.45) is 6.61. The van der Waals surface area contributed by atoms with E-state index in [1.54, 1.807) is 18.2 Å². The van der Waals surface area contributed by atoms with Crippen LogP contribution in [0.5, 0.6) is 0 Å². The number of allylic oxidation sites excluding steroid dienone is 2. The van der Waals surface area contributed by atoms with Crippen LogP contribution in [0, 0.1) is 0 Å². The first-order chi connectivity index (χ1) is 12.1. The third-order valence-electron chi connectivity index (χ3n) is 3.05. The van der Waals surface area contributed by atoms with Gasteiger partial charge in [0.15, 0.2) is 10.4 Å². The SMILES string of the molecule is C=CCNC(=O)/C(=C/C=C/c1ccccc1)NC(=O)c1ccc(Br)o1. The van der Waals surface area contributed by atoms with Crippen molar-refractivity contribution in [2.75, 3.05) is 6.54 Å². The molecular formula is C19H17BrN2O3. The number of amides is 2. The van der Waals surface area contributed by atoms with Gasteiger partial charge in [0, 0.05) is 6.54 Å². The number of halogens is 1. The molecule has 2 rings (SSSR count). The zero-order valence-corrected chi connectivity index (χ0v) is 15.0. The van der Waals surface area contributed by atoms with Crippen LogP contribution in [0.4, 0.5) is 0 Å². The number of furan rings is 1. The number of benzene rings is 1. The fourth-order valence-corrected chi connectivity index (χ4v) is 2.18. The predicted molar refractivity (Wildman–Crippen MR) is 101 cm³/mol. The average Bonchev–Trinajstić information content (AvgIpc) is 3.06. The lowest BCUT2D eigenvalue weighted by molar-refractivity contribution is -0.117. The van der Waals surface area contributed by atoms with E-state index in [1.165, 1.54) is 12.1 Å². The summed E-state index contributed by atoms with van der Waals surface area (Å²) in [5, 5.41) is 5.18. The highest BCUT2D eigenvalue weighted by Gasteiger charge is 2.15. The second kappa shape index (κ2) is 9.44. The minimum Gasteiger partial charge on any atom is -0.444 e. The molecule has 0 saturated carbocycles. The number of hydrogen-bond acceptors (Lipinski definition) is 3. The summed E-state index contributed by atoms with van der Waals surface area (Å²) < 4.78 is 5.63. The van der Waals surface area contributed by atoms with Gasteiger partial charge in [0.2, 0.25) is 0 Å². The molecule has 0 radical (unpaired) electrons. The van der Waals surface area contributed by atoms with Gasteiger partial charge in [0.25, 0.3) is 11.8 Å². The van der Waals surface area contributed by atoms with E-state index in [0.29, 0.717) is 11.2 Å². The number of carbonyl (C=O) groups excluding carboxylic acids is 2. The van der Waals surface area contributed by atoms with Gasteiger partial charge in [-0.05, 0) is 39.7 Å². The fourth-order valence-electron chi connectivity index (χ4n) is 1.87. The second-order valence-electron chi connectivity index (χ2n) is 4.91. The van der Waals surface area contributed by atoms with E-state index in [1.807, 2.05) is 36.4 Å². The van der Waals surface area contributed by atoms with Crippen molar-refractivity contribution < 1.29 is 14.0 Å². The lowest BCUT2D eigenvalue weighted by atomic mass is 10.2. The van der Waals surface area contributed by atoms with Gasteiger partial charge in [-0.25, -0.2) is 0 Å². The Balaban J connectivity index is 2.15. The highest BCUT2D eigenvalue weighted by molar-refractivity contribution is 9.10. The molecular weight excluding hydrogens is 384 g/mol. The average molecular weight is 401 g/mol. The minimum absolute atomic E-state index is 0.0985. The quantitative estimate of drug-likeness (QED) is 0.423. The van der Waals surface area contributed by atoms with Crippen LogP contribution >= 0.6 is 15.9 Å². The molecule has 0 spiro atoms. The highest BCUT2D eigenvalue weighted by Crippen LogP contribution is 2.14. The largest absolute Gasteiger partial charge is 0.444 e. The first-order valence-corrected chi connectivity index (χ1v) is 8.28. The van der Waals surface area contributed by atoms with E-state index in [2.05, 4.69) is 33.1 Å². The fraction of sp³-hybridized carbons (Fsp3) is 0.0526. The van der Waals surface area contributed by atoms with Crippen molar-refractivity contribution in [3.63, 3.8) is 0 Å². The first kappa shape index (κ1) is 18.5. The molecule has 2 aromatic rings. The third kappa shape index (κ3) is 5.93. The molecule has 128 valence electrons. The van der Waals surface area contributed by atoms with Gasteiger partial charge in [-0.2, -0.15) is 0 Å².